The molecule has 1 aromatic carbocycles. The number of nitrogens with zero attached hydrogens (tertiary/aromatic N) is 2. The molecule has 0 heterocycles. The second kappa shape index (κ2) is 5.20. The number of hydrogen-bond acceptors (Lipinski definition) is 4. The topological polar surface area (TPSA) is 84.6 Å². The summed E-state index contributed by atoms with van der Waals surface area (Å²) in [4.78, 5) is 21.0. The van der Waals surface area contributed by atoms with Crippen LogP contribution in [0.2, 0.25) is 0 Å². The van der Waals surface area contributed by atoms with E-state index in [1.165, 1.54) is 13.0 Å². The summed E-state index contributed by atoms with van der Waals surface area (Å²) in [6.45, 7) is 4.68. The van der Waals surface area contributed by atoms with Crippen molar-refractivity contribution < 1.29 is 9.72 Å². The maximum Gasteiger partial charge on any atom is 0.272 e. The van der Waals surface area contributed by atoms with Crippen molar-refractivity contribution in [1.29, 1.82) is 0 Å². The van der Waals surface area contributed by atoms with E-state index in [9.17, 15) is 14.9 Å². The zero-order chi connectivity index (χ0) is 13.0. The molecule has 6 nitrogen and oxygen atoms in total. The van der Waals surface area contributed by atoms with Crippen molar-refractivity contribution in [1.82, 2.24) is 5.43 Å². The highest BCUT2D eigenvalue weighted by molar-refractivity contribution is 5.99. The molecular weight excluding hydrogens is 222 g/mol. The number of benzene rings is 1. The Hall–Kier alpha value is -2.24. The van der Waals surface area contributed by atoms with E-state index < -0.39 is 4.92 Å². The first-order valence-corrected chi connectivity index (χ1v) is 4.98. The van der Waals surface area contributed by atoms with Crippen molar-refractivity contribution in [3.63, 3.8) is 0 Å². The Morgan fingerprint density at radius 3 is 2.59 bits per heavy atom. The van der Waals surface area contributed by atoms with Crippen molar-refractivity contribution in [2.45, 2.75) is 20.8 Å². The van der Waals surface area contributed by atoms with Gasteiger partial charge in [-0.05, 0) is 13.8 Å². The molecule has 0 fully saturated rings. The Balaban J connectivity index is 3.07. The fraction of sp³-hybridized carbons (Fsp3) is 0.273. The SMILES string of the molecule is CC(=O)N/N=C(/C)c1ccc(C)c([N+](=O)[O-])c1. The number of hydrogen-bond donors (Lipinski definition) is 1. The Morgan fingerprint density at radius 2 is 2.06 bits per heavy atom. The molecular formula is C11H13N3O3. The van der Waals surface area contributed by atoms with Gasteiger partial charge in [-0.25, -0.2) is 5.43 Å². The molecule has 1 rings (SSSR count). The minimum Gasteiger partial charge on any atom is -0.274 e. The average Bonchev–Trinajstić information content (AvgIpc) is 2.26. The monoisotopic (exact) mass is 235 g/mol. The van der Waals surface area contributed by atoms with Crippen LogP contribution in [0.15, 0.2) is 23.3 Å². The summed E-state index contributed by atoms with van der Waals surface area (Å²) in [7, 11) is 0. The van der Waals surface area contributed by atoms with Crippen LogP contribution in [0, 0.1) is 17.0 Å². The standard InChI is InChI=1S/C11H13N3O3/c1-7-4-5-10(6-11(7)14(16)17)8(2)12-13-9(3)15/h4-6H,1-3H3,(H,13,15)/b12-8-. The number of nitro benzene ring substituents is 1. The van der Waals surface area contributed by atoms with Crippen LogP contribution in [0.5, 0.6) is 0 Å². The predicted molar refractivity (Wildman–Crippen MR) is 63.9 cm³/mol. The Bertz CT molecular complexity index is 495. The summed E-state index contributed by atoms with van der Waals surface area (Å²) in [6.07, 6.45) is 0. The van der Waals surface area contributed by atoms with Gasteiger partial charge in [0.1, 0.15) is 0 Å². The van der Waals surface area contributed by atoms with Crippen LogP contribution < -0.4 is 5.43 Å². The fourth-order valence-corrected chi connectivity index (χ4v) is 1.26. The minimum atomic E-state index is -0.440. The van der Waals surface area contributed by atoms with E-state index in [0.717, 1.165) is 0 Å². The molecule has 6 heteroatoms. The lowest BCUT2D eigenvalue weighted by Gasteiger charge is -2.03. The lowest BCUT2D eigenvalue weighted by Crippen LogP contribution is -2.15. The molecule has 17 heavy (non-hydrogen) atoms. The zero-order valence-corrected chi connectivity index (χ0v) is 9.85. The number of carbonyl (C=O) groups excluding carboxylic acids is 1. The van der Waals surface area contributed by atoms with E-state index in [1.807, 2.05) is 0 Å². The van der Waals surface area contributed by atoms with E-state index in [-0.39, 0.29) is 11.6 Å². The van der Waals surface area contributed by atoms with E-state index in [0.29, 0.717) is 16.8 Å². The van der Waals surface area contributed by atoms with Crippen LogP contribution in [-0.2, 0) is 4.79 Å². The van der Waals surface area contributed by atoms with Crippen LogP contribution >= 0.6 is 0 Å². The lowest BCUT2D eigenvalue weighted by atomic mass is 10.1. The van der Waals surface area contributed by atoms with Crippen LogP contribution in [0.1, 0.15) is 25.0 Å². The molecule has 0 radical (unpaired) electrons. The molecule has 0 aliphatic heterocycles. The number of nitro groups is 1. The Morgan fingerprint density at radius 1 is 1.41 bits per heavy atom. The molecule has 0 atom stereocenters. The maximum atomic E-state index is 10.8. The highest BCUT2D eigenvalue weighted by Gasteiger charge is 2.12. The van der Waals surface area contributed by atoms with Gasteiger partial charge in [0.05, 0.1) is 10.6 Å². The van der Waals surface area contributed by atoms with E-state index >= 15 is 0 Å². The van der Waals surface area contributed by atoms with E-state index in [2.05, 4.69) is 10.5 Å². The van der Waals surface area contributed by atoms with Crippen molar-refractivity contribution >= 4 is 17.3 Å². The Labute approximate surface area is 98.5 Å². The van der Waals surface area contributed by atoms with Gasteiger partial charge in [0.2, 0.25) is 5.91 Å². The van der Waals surface area contributed by atoms with Gasteiger partial charge in [0.15, 0.2) is 0 Å². The van der Waals surface area contributed by atoms with Gasteiger partial charge in [-0.1, -0.05) is 12.1 Å². The van der Waals surface area contributed by atoms with Crippen LogP contribution in [-0.4, -0.2) is 16.5 Å². The quantitative estimate of drug-likeness (QED) is 0.492. The largest absolute Gasteiger partial charge is 0.274 e. The average molecular weight is 235 g/mol. The molecule has 0 unspecified atom stereocenters. The molecule has 0 aliphatic carbocycles. The van der Waals surface area contributed by atoms with Gasteiger partial charge < -0.3 is 0 Å². The van der Waals surface area contributed by atoms with Crippen molar-refractivity contribution in [2.75, 3.05) is 0 Å². The summed E-state index contributed by atoms with van der Waals surface area (Å²) in [5.74, 6) is -0.286. The van der Waals surface area contributed by atoms with Crippen LogP contribution in [0.3, 0.4) is 0 Å². The van der Waals surface area contributed by atoms with E-state index in [1.54, 1.807) is 26.0 Å². The third kappa shape index (κ3) is 3.37. The summed E-state index contributed by atoms with van der Waals surface area (Å²) in [5, 5.41) is 14.6. The second-order valence-electron chi connectivity index (χ2n) is 3.62. The fourth-order valence-electron chi connectivity index (χ4n) is 1.26. The predicted octanol–water partition coefficient (Wildman–Crippen LogP) is 1.76. The van der Waals surface area contributed by atoms with Crippen molar-refractivity contribution in [2.24, 2.45) is 5.10 Å². The van der Waals surface area contributed by atoms with Crippen LogP contribution in [0.4, 0.5) is 5.69 Å². The maximum absolute atomic E-state index is 10.8. The highest BCUT2D eigenvalue weighted by Crippen LogP contribution is 2.19. The molecule has 0 bridgehead atoms. The number of carbonyl (C=O) groups is 1. The number of amides is 1. The van der Waals surface area contributed by atoms with Gasteiger partial charge in [0, 0.05) is 24.1 Å². The number of rotatable bonds is 3. The molecule has 1 N–H and O–H groups in total. The van der Waals surface area contributed by atoms with Crippen LogP contribution in [0.25, 0.3) is 0 Å². The molecule has 0 aromatic heterocycles. The molecule has 90 valence electrons. The van der Waals surface area contributed by atoms with Crippen molar-refractivity contribution in [3.8, 4) is 0 Å². The lowest BCUT2D eigenvalue weighted by molar-refractivity contribution is -0.385. The van der Waals surface area contributed by atoms with Gasteiger partial charge in [0.25, 0.3) is 5.69 Å². The minimum absolute atomic E-state index is 0.0416. The highest BCUT2D eigenvalue weighted by atomic mass is 16.6. The summed E-state index contributed by atoms with van der Waals surface area (Å²) < 4.78 is 0. The first-order chi connectivity index (χ1) is 7.91. The molecule has 0 spiro atoms. The molecule has 1 aromatic rings. The Kier molecular flexibility index (Phi) is 3.92. The zero-order valence-electron chi connectivity index (χ0n) is 9.85. The van der Waals surface area contributed by atoms with E-state index in [4.69, 9.17) is 0 Å². The molecule has 0 saturated carbocycles. The van der Waals surface area contributed by atoms with Crippen molar-refractivity contribution in [3.05, 3.63) is 39.4 Å². The molecule has 0 saturated heterocycles. The number of hydrazone groups is 1. The van der Waals surface area contributed by atoms with Gasteiger partial charge in [-0.15, -0.1) is 0 Å². The molecule has 0 aliphatic rings. The summed E-state index contributed by atoms with van der Waals surface area (Å²) >= 11 is 0. The summed E-state index contributed by atoms with van der Waals surface area (Å²) in [5.41, 5.74) is 4.04. The smallest absolute Gasteiger partial charge is 0.272 e. The first kappa shape index (κ1) is 12.8. The van der Waals surface area contributed by atoms with Gasteiger partial charge >= 0.3 is 0 Å². The number of aryl methyl sites for hydroxylation is 1. The van der Waals surface area contributed by atoms with Gasteiger partial charge in [-0.3, -0.25) is 14.9 Å². The third-order valence-electron chi connectivity index (χ3n) is 2.20. The third-order valence-corrected chi connectivity index (χ3v) is 2.20. The molecule has 1 amide bonds. The summed E-state index contributed by atoms with van der Waals surface area (Å²) in [6, 6.07) is 4.82. The normalized spacial score (nSPS) is 11.1. The first-order valence-electron chi connectivity index (χ1n) is 4.98. The number of nitrogens with one attached hydrogen (secondary N) is 1. The second-order valence-corrected chi connectivity index (χ2v) is 3.62. The van der Waals surface area contributed by atoms with Gasteiger partial charge in [-0.2, -0.15) is 5.10 Å².